The van der Waals surface area contributed by atoms with Gasteiger partial charge < -0.3 is 5.11 Å². The number of Topliss-reactive ketones (excluding diaryl/α,β-unsaturated/α-hetero) is 1. The van der Waals surface area contributed by atoms with Gasteiger partial charge in [0.1, 0.15) is 5.78 Å². The van der Waals surface area contributed by atoms with Crippen LogP contribution in [-0.4, -0.2) is 17.0 Å². The Morgan fingerprint density at radius 2 is 2.09 bits per heavy atom. The van der Waals surface area contributed by atoms with Crippen LogP contribution in [0, 0.1) is 11.8 Å². The van der Waals surface area contributed by atoms with Gasteiger partial charge in [-0.2, -0.15) is 0 Å². The maximum Gasteiger partial charge on any atom is 0.138 e. The van der Waals surface area contributed by atoms with Crippen LogP contribution >= 0.6 is 0 Å². The second kappa shape index (κ2) is 2.59. The minimum Gasteiger partial charge on any atom is -0.392 e. The van der Waals surface area contributed by atoms with E-state index < -0.39 is 0 Å². The fourth-order valence-corrected chi connectivity index (χ4v) is 2.56. The van der Waals surface area contributed by atoms with Gasteiger partial charge >= 0.3 is 0 Å². The normalized spacial score (nSPS) is 44.1. The van der Waals surface area contributed by atoms with E-state index in [1.165, 1.54) is 0 Å². The maximum atomic E-state index is 11.3. The van der Waals surface area contributed by atoms with Crippen LogP contribution < -0.4 is 0 Å². The molecule has 3 atom stereocenters. The van der Waals surface area contributed by atoms with Crippen LogP contribution in [-0.2, 0) is 4.79 Å². The van der Waals surface area contributed by atoms with Gasteiger partial charge in [-0.1, -0.05) is 6.42 Å². The predicted molar refractivity (Wildman–Crippen MR) is 41.1 cm³/mol. The zero-order chi connectivity index (χ0) is 7.84. The Balaban J connectivity index is 2.14. The highest BCUT2D eigenvalue weighted by Gasteiger charge is 2.41. The Hall–Kier alpha value is -0.370. The molecule has 2 saturated carbocycles. The summed E-state index contributed by atoms with van der Waals surface area (Å²) in [6.07, 6.45) is 4.53. The van der Waals surface area contributed by atoms with Gasteiger partial charge in [0.25, 0.3) is 0 Å². The summed E-state index contributed by atoms with van der Waals surface area (Å²) in [5.41, 5.74) is 0. The van der Waals surface area contributed by atoms with Crippen molar-refractivity contribution in [3.8, 4) is 0 Å². The summed E-state index contributed by atoms with van der Waals surface area (Å²) in [7, 11) is 0. The summed E-state index contributed by atoms with van der Waals surface area (Å²) in [4.78, 5) is 11.3. The lowest BCUT2D eigenvalue weighted by atomic mass is 9.79. The second-order valence-electron chi connectivity index (χ2n) is 3.79. The molecule has 0 bridgehead atoms. The lowest BCUT2D eigenvalue weighted by Gasteiger charge is -2.28. The first kappa shape index (κ1) is 7.29. The predicted octanol–water partition coefficient (Wildman–Crippen LogP) is 1.13. The molecule has 2 aliphatic carbocycles. The fraction of sp³-hybridized carbons (Fsp3) is 0.889. The highest BCUT2D eigenvalue weighted by atomic mass is 16.3. The first-order chi connectivity index (χ1) is 5.29. The number of ketones is 1. The third-order valence-electron chi connectivity index (χ3n) is 3.13. The first-order valence-electron chi connectivity index (χ1n) is 4.50. The quantitative estimate of drug-likeness (QED) is 0.568. The topological polar surface area (TPSA) is 37.3 Å². The smallest absolute Gasteiger partial charge is 0.138 e. The van der Waals surface area contributed by atoms with Gasteiger partial charge in [0.15, 0.2) is 0 Å². The van der Waals surface area contributed by atoms with Crippen molar-refractivity contribution >= 4 is 5.78 Å². The summed E-state index contributed by atoms with van der Waals surface area (Å²) < 4.78 is 0. The van der Waals surface area contributed by atoms with Crippen LogP contribution in [0.1, 0.15) is 32.1 Å². The van der Waals surface area contributed by atoms with Crippen molar-refractivity contribution in [3.05, 3.63) is 0 Å². The minimum atomic E-state index is -0.316. The number of rotatable bonds is 0. The van der Waals surface area contributed by atoms with Crippen molar-refractivity contribution in [2.45, 2.75) is 38.2 Å². The van der Waals surface area contributed by atoms with Gasteiger partial charge in [-0.15, -0.1) is 0 Å². The van der Waals surface area contributed by atoms with Gasteiger partial charge in [0.05, 0.1) is 6.10 Å². The molecule has 2 fully saturated rings. The second-order valence-corrected chi connectivity index (χ2v) is 3.79. The Morgan fingerprint density at radius 1 is 1.27 bits per heavy atom. The molecule has 0 aromatic heterocycles. The Bertz CT molecular complexity index is 176. The van der Waals surface area contributed by atoms with E-state index in [4.69, 9.17) is 0 Å². The molecule has 2 rings (SSSR count). The van der Waals surface area contributed by atoms with Crippen molar-refractivity contribution in [2.75, 3.05) is 0 Å². The van der Waals surface area contributed by atoms with E-state index in [9.17, 15) is 9.90 Å². The molecule has 62 valence electrons. The Morgan fingerprint density at radius 3 is 2.82 bits per heavy atom. The molecular formula is C9H14O2. The zero-order valence-corrected chi connectivity index (χ0v) is 6.62. The summed E-state index contributed by atoms with van der Waals surface area (Å²) in [5.74, 6) is 0.845. The van der Waals surface area contributed by atoms with E-state index in [0.717, 1.165) is 25.7 Å². The van der Waals surface area contributed by atoms with Crippen molar-refractivity contribution < 1.29 is 9.90 Å². The van der Waals surface area contributed by atoms with Crippen LogP contribution in [0.15, 0.2) is 0 Å². The largest absolute Gasteiger partial charge is 0.392 e. The molecule has 0 aromatic rings. The standard InChI is InChI=1S/C9H14O2/c10-7-3-1-2-6-4-5-8(11)9(6)7/h6-7,9-10H,1-5H2/t6-,7?,9+/m0/s1. The molecule has 1 unspecified atom stereocenters. The number of hydrogen-bond acceptors (Lipinski definition) is 2. The van der Waals surface area contributed by atoms with Crippen molar-refractivity contribution in [1.29, 1.82) is 0 Å². The van der Waals surface area contributed by atoms with E-state index in [2.05, 4.69) is 0 Å². The molecule has 2 heteroatoms. The molecular weight excluding hydrogens is 140 g/mol. The van der Waals surface area contributed by atoms with E-state index in [0.29, 0.717) is 18.1 Å². The van der Waals surface area contributed by atoms with Gasteiger partial charge in [-0.25, -0.2) is 0 Å². The third kappa shape index (κ3) is 1.09. The Kier molecular flexibility index (Phi) is 1.72. The molecule has 0 saturated heterocycles. The van der Waals surface area contributed by atoms with Crippen LogP contribution in [0.4, 0.5) is 0 Å². The number of carbonyl (C=O) groups excluding carboxylic acids is 1. The van der Waals surface area contributed by atoms with Gasteiger partial charge in [0, 0.05) is 12.3 Å². The molecule has 0 aliphatic heterocycles. The zero-order valence-electron chi connectivity index (χ0n) is 6.62. The number of aliphatic hydroxyl groups is 1. The molecule has 1 N–H and O–H groups in total. The molecule has 0 amide bonds. The van der Waals surface area contributed by atoms with Crippen LogP contribution in [0.2, 0.25) is 0 Å². The lowest BCUT2D eigenvalue weighted by Crippen LogP contribution is -2.32. The maximum absolute atomic E-state index is 11.3. The molecule has 0 spiro atoms. The van der Waals surface area contributed by atoms with E-state index >= 15 is 0 Å². The summed E-state index contributed by atoms with van der Waals surface area (Å²) in [5, 5.41) is 9.53. The molecule has 0 aromatic carbocycles. The SMILES string of the molecule is O=C1CC[C@@H]2CCCC(O)[C@H]12. The van der Waals surface area contributed by atoms with Crippen LogP contribution in [0.25, 0.3) is 0 Å². The van der Waals surface area contributed by atoms with Crippen molar-refractivity contribution in [3.63, 3.8) is 0 Å². The van der Waals surface area contributed by atoms with Crippen molar-refractivity contribution in [2.24, 2.45) is 11.8 Å². The highest BCUT2D eigenvalue weighted by Crippen LogP contribution is 2.39. The van der Waals surface area contributed by atoms with Gasteiger partial charge in [-0.05, 0) is 25.2 Å². The van der Waals surface area contributed by atoms with E-state index in [1.807, 2.05) is 0 Å². The number of fused-ring (bicyclic) bond motifs is 1. The van der Waals surface area contributed by atoms with E-state index in [-0.39, 0.29) is 12.0 Å². The van der Waals surface area contributed by atoms with Crippen LogP contribution in [0.3, 0.4) is 0 Å². The van der Waals surface area contributed by atoms with Crippen molar-refractivity contribution in [1.82, 2.24) is 0 Å². The summed E-state index contributed by atoms with van der Waals surface area (Å²) >= 11 is 0. The van der Waals surface area contributed by atoms with E-state index in [1.54, 1.807) is 0 Å². The molecule has 2 aliphatic rings. The summed E-state index contributed by atoms with van der Waals surface area (Å²) in [6.45, 7) is 0. The van der Waals surface area contributed by atoms with Gasteiger partial charge in [-0.3, -0.25) is 4.79 Å². The van der Waals surface area contributed by atoms with Gasteiger partial charge in [0.2, 0.25) is 0 Å². The monoisotopic (exact) mass is 154 g/mol. The van der Waals surface area contributed by atoms with Crippen LogP contribution in [0.5, 0.6) is 0 Å². The minimum absolute atomic E-state index is 0.0174. The molecule has 11 heavy (non-hydrogen) atoms. The average Bonchev–Trinajstić information content (AvgIpc) is 2.34. The average molecular weight is 154 g/mol. The summed E-state index contributed by atoms with van der Waals surface area (Å²) in [6, 6.07) is 0. The Labute approximate surface area is 66.6 Å². The first-order valence-corrected chi connectivity index (χ1v) is 4.50. The fourth-order valence-electron chi connectivity index (χ4n) is 2.56. The number of hydrogen-bond donors (Lipinski definition) is 1. The number of carbonyl (C=O) groups is 1. The number of aliphatic hydroxyl groups excluding tert-OH is 1. The molecule has 0 radical (unpaired) electrons. The molecule has 0 heterocycles. The molecule has 2 nitrogen and oxygen atoms in total. The lowest BCUT2D eigenvalue weighted by molar-refractivity contribution is -0.125. The third-order valence-corrected chi connectivity index (χ3v) is 3.13. The highest BCUT2D eigenvalue weighted by molar-refractivity contribution is 5.84.